The molecule has 1 aromatic rings. The van der Waals surface area contributed by atoms with E-state index in [1.54, 1.807) is 14.2 Å². The second-order valence-corrected chi connectivity index (χ2v) is 5.87. The van der Waals surface area contributed by atoms with Gasteiger partial charge in [-0.25, -0.2) is 0 Å². The quantitative estimate of drug-likeness (QED) is 0.699. The molecule has 1 aliphatic rings. The van der Waals surface area contributed by atoms with Crippen LogP contribution in [0.5, 0.6) is 11.5 Å². The van der Waals surface area contributed by atoms with Gasteiger partial charge in [-0.3, -0.25) is 9.59 Å². The standard InChI is InChI=1S/C18H26N2O4/c1-23-15-7-8-16(24-2)14(13-15)6-9-17(21)19-10-4-12-20-11-3-5-18(20)22/h7-8,13H,3-6,9-12H2,1-2H3,(H,19,21). The summed E-state index contributed by atoms with van der Waals surface area (Å²) in [4.78, 5) is 25.3. The summed E-state index contributed by atoms with van der Waals surface area (Å²) in [5.74, 6) is 1.75. The Labute approximate surface area is 143 Å². The van der Waals surface area contributed by atoms with Crippen LogP contribution in [0.1, 0.15) is 31.2 Å². The van der Waals surface area contributed by atoms with Crippen LogP contribution in [0.3, 0.4) is 0 Å². The van der Waals surface area contributed by atoms with Crippen LogP contribution in [-0.2, 0) is 16.0 Å². The number of aryl methyl sites for hydroxylation is 1. The molecule has 6 heteroatoms. The lowest BCUT2D eigenvalue weighted by molar-refractivity contribution is -0.127. The van der Waals surface area contributed by atoms with Gasteiger partial charge in [0, 0.05) is 32.5 Å². The molecule has 0 saturated carbocycles. The van der Waals surface area contributed by atoms with E-state index >= 15 is 0 Å². The van der Waals surface area contributed by atoms with Crippen molar-refractivity contribution in [2.75, 3.05) is 33.9 Å². The maximum atomic E-state index is 12.0. The summed E-state index contributed by atoms with van der Waals surface area (Å²) in [6, 6.07) is 5.58. The van der Waals surface area contributed by atoms with Crippen molar-refractivity contribution in [3.05, 3.63) is 23.8 Å². The molecule has 6 nitrogen and oxygen atoms in total. The maximum Gasteiger partial charge on any atom is 0.222 e. The van der Waals surface area contributed by atoms with Crippen molar-refractivity contribution >= 4 is 11.8 Å². The number of rotatable bonds is 9. The van der Waals surface area contributed by atoms with E-state index in [2.05, 4.69) is 5.32 Å². The number of carbonyl (C=O) groups excluding carboxylic acids is 2. The van der Waals surface area contributed by atoms with E-state index in [0.717, 1.165) is 43.0 Å². The molecule has 1 saturated heterocycles. The molecule has 2 rings (SSSR count). The van der Waals surface area contributed by atoms with Crippen LogP contribution in [0.2, 0.25) is 0 Å². The van der Waals surface area contributed by atoms with E-state index in [1.807, 2.05) is 23.1 Å². The monoisotopic (exact) mass is 334 g/mol. The first-order chi connectivity index (χ1) is 11.6. The van der Waals surface area contributed by atoms with Crippen LogP contribution >= 0.6 is 0 Å². The highest BCUT2D eigenvalue weighted by Crippen LogP contribution is 2.25. The normalized spacial score (nSPS) is 13.9. The van der Waals surface area contributed by atoms with E-state index < -0.39 is 0 Å². The largest absolute Gasteiger partial charge is 0.497 e. The fraction of sp³-hybridized carbons (Fsp3) is 0.556. The molecule has 1 N–H and O–H groups in total. The van der Waals surface area contributed by atoms with Crippen molar-refractivity contribution in [3.8, 4) is 11.5 Å². The molecule has 1 heterocycles. The molecule has 0 bridgehead atoms. The molecule has 1 aromatic carbocycles. The number of methoxy groups -OCH3 is 2. The van der Waals surface area contributed by atoms with Gasteiger partial charge < -0.3 is 19.7 Å². The summed E-state index contributed by atoms with van der Waals surface area (Å²) in [6.45, 7) is 2.17. The summed E-state index contributed by atoms with van der Waals surface area (Å²) in [7, 11) is 3.23. The van der Waals surface area contributed by atoms with Gasteiger partial charge in [-0.15, -0.1) is 0 Å². The van der Waals surface area contributed by atoms with Gasteiger partial charge in [-0.05, 0) is 43.0 Å². The number of carbonyl (C=O) groups is 2. The second kappa shape index (κ2) is 9.15. The maximum absolute atomic E-state index is 12.0. The smallest absolute Gasteiger partial charge is 0.222 e. The first kappa shape index (κ1) is 18.1. The molecule has 0 atom stereocenters. The summed E-state index contributed by atoms with van der Waals surface area (Å²) in [5, 5.41) is 2.91. The van der Waals surface area contributed by atoms with E-state index in [0.29, 0.717) is 25.8 Å². The molecule has 0 aliphatic carbocycles. The lowest BCUT2D eigenvalue weighted by Crippen LogP contribution is -2.30. The van der Waals surface area contributed by atoms with Crippen molar-refractivity contribution in [3.63, 3.8) is 0 Å². The molecule has 132 valence electrons. The topological polar surface area (TPSA) is 67.9 Å². The van der Waals surface area contributed by atoms with Gasteiger partial charge in [0.1, 0.15) is 11.5 Å². The molecule has 0 radical (unpaired) electrons. The van der Waals surface area contributed by atoms with Crippen LogP contribution in [0.4, 0.5) is 0 Å². The molecule has 1 aliphatic heterocycles. The zero-order valence-electron chi connectivity index (χ0n) is 14.5. The minimum atomic E-state index is 0.00706. The number of nitrogens with zero attached hydrogens (tertiary/aromatic N) is 1. The van der Waals surface area contributed by atoms with E-state index in [9.17, 15) is 9.59 Å². The fourth-order valence-electron chi connectivity index (χ4n) is 2.85. The first-order valence-corrected chi connectivity index (χ1v) is 8.39. The minimum absolute atomic E-state index is 0.00706. The predicted molar refractivity (Wildman–Crippen MR) is 91.3 cm³/mol. The number of likely N-dealkylation sites (tertiary alicyclic amines) is 1. The second-order valence-electron chi connectivity index (χ2n) is 5.87. The Kier molecular flexibility index (Phi) is 6.90. The summed E-state index contributed by atoms with van der Waals surface area (Å²) >= 11 is 0. The van der Waals surface area contributed by atoms with Crippen molar-refractivity contribution in [1.29, 1.82) is 0 Å². The molecule has 0 unspecified atom stereocenters. The Bertz CT molecular complexity index is 574. The molecule has 24 heavy (non-hydrogen) atoms. The number of hydrogen-bond donors (Lipinski definition) is 1. The van der Waals surface area contributed by atoms with Crippen molar-refractivity contribution in [1.82, 2.24) is 10.2 Å². The average molecular weight is 334 g/mol. The minimum Gasteiger partial charge on any atom is -0.497 e. The van der Waals surface area contributed by atoms with Crippen LogP contribution < -0.4 is 14.8 Å². The van der Waals surface area contributed by atoms with Crippen LogP contribution in [0, 0.1) is 0 Å². The molecule has 0 spiro atoms. The Hall–Kier alpha value is -2.24. The van der Waals surface area contributed by atoms with Gasteiger partial charge in [0.05, 0.1) is 14.2 Å². The summed E-state index contributed by atoms with van der Waals surface area (Å²) in [6.07, 6.45) is 3.39. The molecule has 0 aromatic heterocycles. The van der Waals surface area contributed by atoms with Crippen molar-refractivity contribution in [2.24, 2.45) is 0 Å². The van der Waals surface area contributed by atoms with Crippen molar-refractivity contribution < 1.29 is 19.1 Å². The van der Waals surface area contributed by atoms with Gasteiger partial charge in [0.2, 0.25) is 11.8 Å². The van der Waals surface area contributed by atoms with Gasteiger partial charge in [0.25, 0.3) is 0 Å². The number of hydrogen-bond acceptors (Lipinski definition) is 4. The van der Waals surface area contributed by atoms with Gasteiger partial charge in [-0.2, -0.15) is 0 Å². The lowest BCUT2D eigenvalue weighted by Gasteiger charge is -2.15. The van der Waals surface area contributed by atoms with Crippen LogP contribution in [0.15, 0.2) is 18.2 Å². The predicted octanol–water partition coefficient (Wildman–Crippen LogP) is 1.77. The van der Waals surface area contributed by atoms with Gasteiger partial charge >= 0.3 is 0 Å². The first-order valence-electron chi connectivity index (χ1n) is 8.39. The SMILES string of the molecule is COc1ccc(OC)c(CCC(=O)NCCCN2CCCC2=O)c1. The lowest BCUT2D eigenvalue weighted by atomic mass is 10.1. The third kappa shape index (κ3) is 5.15. The third-order valence-corrected chi connectivity index (χ3v) is 4.21. The highest BCUT2D eigenvalue weighted by molar-refractivity contribution is 5.78. The van der Waals surface area contributed by atoms with E-state index in [-0.39, 0.29) is 11.8 Å². The zero-order valence-corrected chi connectivity index (χ0v) is 14.5. The third-order valence-electron chi connectivity index (χ3n) is 4.21. The Morgan fingerprint density at radius 3 is 2.79 bits per heavy atom. The summed E-state index contributed by atoms with van der Waals surface area (Å²) in [5.41, 5.74) is 0.953. The highest BCUT2D eigenvalue weighted by Gasteiger charge is 2.19. The van der Waals surface area contributed by atoms with Gasteiger partial charge in [0.15, 0.2) is 0 Å². The Balaban J connectivity index is 1.70. The van der Waals surface area contributed by atoms with Gasteiger partial charge in [-0.1, -0.05) is 0 Å². The van der Waals surface area contributed by atoms with Crippen LogP contribution in [0.25, 0.3) is 0 Å². The molecule has 2 amide bonds. The summed E-state index contributed by atoms with van der Waals surface area (Å²) < 4.78 is 10.5. The highest BCUT2D eigenvalue weighted by atomic mass is 16.5. The van der Waals surface area contributed by atoms with E-state index in [4.69, 9.17) is 9.47 Å². The average Bonchev–Trinajstić information content (AvgIpc) is 3.01. The van der Waals surface area contributed by atoms with Crippen molar-refractivity contribution in [2.45, 2.75) is 32.1 Å². The molecular formula is C18H26N2O4. The van der Waals surface area contributed by atoms with E-state index in [1.165, 1.54) is 0 Å². The van der Waals surface area contributed by atoms with Crippen LogP contribution in [-0.4, -0.2) is 50.6 Å². The number of nitrogens with one attached hydrogen (secondary N) is 1. The number of amides is 2. The molecular weight excluding hydrogens is 308 g/mol. The Morgan fingerprint density at radius 1 is 1.29 bits per heavy atom. The molecule has 1 fully saturated rings. The number of benzene rings is 1. The zero-order chi connectivity index (χ0) is 17.4. The Morgan fingerprint density at radius 2 is 2.12 bits per heavy atom. The fourth-order valence-corrected chi connectivity index (χ4v) is 2.85. The number of ether oxygens (including phenoxy) is 2.